The highest BCUT2D eigenvalue weighted by Crippen LogP contribution is 2.46. The van der Waals surface area contributed by atoms with Crippen LogP contribution in [0.1, 0.15) is 29.0 Å². The summed E-state index contributed by atoms with van der Waals surface area (Å²) < 4.78 is 14.3. The third-order valence-corrected chi connectivity index (χ3v) is 6.01. The molecule has 0 bridgehead atoms. The van der Waals surface area contributed by atoms with Crippen LogP contribution in [0.3, 0.4) is 0 Å². The van der Waals surface area contributed by atoms with Crippen LogP contribution in [0.2, 0.25) is 0 Å². The number of hydrogen-bond donors (Lipinski definition) is 2. The molecule has 25 heavy (non-hydrogen) atoms. The second-order valence-corrected chi connectivity index (χ2v) is 7.76. The first kappa shape index (κ1) is 15.2. The van der Waals surface area contributed by atoms with Crippen LogP contribution in [0.5, 0.6) is 0 Å². The first-order valence-electron chi connectivity index (χ1n) is 9.35. The molecule has 0 spiro atoms. The maximum atomic E-state index is 14.3. The number of aryl methyl sites for hydroxylation is 2. The molecule has 2 aromatic carbocycles. The van der Waals surface area contributed by atoms with Gasteiger partial charge in [-0.2, -0.15) is 0 Å². The summed E-state index contributed by atoms with van der Waals surface area (Å²) in [6, 6.07) is 9.87. The van der Waals surface area contributed by atoms with Gasteiger partial charge in [0.15, 0.2) is 0 Å². The van der Waals surface area contributed by atoms with Crippen molar-refractivity contribution >= 4 is 17.1 Å². The molecule has 0 saturated carbocycles. The van der Waals surface area contributed by atoms with E-state index < -0.39 is 0 Å². The maximum absolute atomic E-state index is 14.3. The van der Waals surface area contributed by atoms with Crippen LogP contribution in [0, 0.1) is 18.7 Å². The van der Waals surface area contributed by atoms with Gasteiger partial charge in [0.05, 0.1) is 5.69 Å². The smallest absolute Gasteiger partial charge is 0.146 e. The van der Waals surface area contributed by atoms with Gasteiger partial charge in [-0.1, -0.05) is 6.07 Å². The van der Waals surface area contributed by atoms with Gasteiger partial charge in [0.2, 0.25) is 0 Å². The molecule has 3 heterocycles. The van der Waals surface area contributed by atoms with Crippen LogP contribution >= 0.6 is 0 Å². The van der Waals surface area contributed by atoms with E-state index in [1.54, 1.807) is 6.07 Å². The Hall–Kier alpha value is -2.07. The third-order valence-electron chi connectivity index (χ3n) is 6.01. The summed E-state index contributed by atoms with van der Waals surface area (Å²) >= 11 is 0. The van der Waals surface area contributed by atoms with Crippen molar-refractivity contribution in [3.63, 3.8) is 0 Å². The van der Waals surface area contributed by atoms with E-state index >= 15 is 0 Å². The number of rotatable bonds is 2. The fourth-order valence-corrected chi connectivity index (χ4v) is 4.85. The molecule has 2 unspecified atom stereocenters. The van der Waals surface area contributed by atoms with Crippen LogP contribution in [0.25, 0.3) is 0 Å². The lowest BCUT2D eigenvalue weighted by atomic mass is 9.80. The summed E-state index contributed by atoms with van der Waals surface area (Å²) in [5.41, 5.74) is 6.86. The minimum atomic E-state index is -0.187. The van der Waals surface area contributed by atoms with Crippen molar-refractivity contribution in [3.8, 4) is 0 Å². The van der Waals surface area contributed by atoms with Crippen LogP contribution in [0.4, 0.5) is 21.5 Å². The summed E-state index contributed by atoms with van der Waals surface area (Å²) in [6.07, 6.45) is 2.33. The molecule has 3 nitrogen and oxygen atoms in total. The molecule has 1 fully saturated rings. The zero-order valence-electron chi connectivity index (χ0n) is 14.6. The Balaban J connectivity index is 1.57. The second kappa shape index (κ2) is 5.73. The number of fused-ring (bicyclic) bond motifs is 2. The number of halogens is 1. The number of anilines is 3. The van der Waals surface area contributed by atoms with E-state index in [1.165, 1.54) is 36.3 Å². The molecule has 0 amide bonds. The van der Waals surface area contributed by atoms with Crippen LogP contribution in [0.15, 0.2) is 30.3 Å². The number of benzene rings is 2. The number of nitrogens with zero attached hydrogens (tertiary/aromatic N) is 1. The third kappa shape index (κ3) is 2.51. The summed E-state index contributed by atoms with van der Waals surface area (Å²) in [7, 11) is 0. The van der Waals surface area contributed by atoms with Crippen LogP contribution < -0.4 is 15.5 Å². The fourth-order valence-electron chi connectivity index (χ4n) is 4.85. The van der Waals surface area contributed by atoms with Gasteiger partial charge in [-0.3, -0.25) is 0 Å². The molecule has 3 aliphatic rings. The highest BCUT2D eigenvalue weighted by molar-refractivity contribution is 5.73. The normalized spacial score (nSPS) is 24.0. The highest BCUT2D eigenvalue weighted by atomic mass is 19.1. The van der Waals surface area contributed by atoms with E-state index in [4.69, 9.17) is 0 Å². The lowest BCUT2D eigenvalue weighted by Crippen LogP contribution is -2.41. The molecule has 0 aliphatic carbocycles. The van der Waals surface area contributed by atoms with E-state index in [0.717, 1.165) is 30.8 Å². The molecule has 5 rings (SSSR count). The molecule has 130 valence electrons. The molecule has 0 radical (unpaired) electrons. The number of nitrogens with one attached hydrogen (secondary N) is 2. The molecule has 3 aliphatic heterocycles. The molecule has 2 N–H and O–H groups in total. The molecule has 2 aromatic rings. The Bertz CT molecular complexity index is 832. The summed E-state index contributed by atoms with van der Waals surface area (Å²) in [6.45, 7) is 6.44. The summed E-state index contributed by atoms with van der Waals surface area (Å²) in [5.74, 6) is 1.10. The van der Waals surface area contributed by atoms with Crippen LogP contribution in [-0.2, 0) is 6.42 Å². The van der Waals surface area contributed by atoms with Gasteiger partial charge < -0.3 is 15.5 Å². The van der Waals surface area contributed by atoms with Crippen molar-refractivity contribution in [2.45, 2.75) is 25.7 Å². The Morgan fingerprint density at radius 3 is 3.00 bits per heavy atom. The maximum Gasteiger partial charge on any atom is 0.146 e. The Morgan fingerprint density at radius 2 is 2.12 bits per heavy atom. The Kier molecular flexibility index (Phi) is 3.49. The Morgan fingerprint density at radius 1 is 1.20 bits per heavy atom. The van der Waals surface area contributed by atoms with Crippen molar-refractivity contribution in [1.82, 2.24) is 5.32 Å². The van der Waals surface area contributed by atoms with Gasteiger partial charge in [-0.25, -0.2) is 4.39 Å². The largest absolute Gasteiger partial charge is 0.371 e. The van der Waals surface area contributed by atoms with Crippen molar-refractivity contribution in [2.75, 3.05) is 36.4 Å². The second-order valence-electron chi connectivity index (χ2n) is 7.76. The van der Waals surface area contributed by atoms with Crippen molar-refractivity contribution in [1.29, 1.82) is 0 Å². The quantitative estimate of drug-likeness (QED) is 0.869. The standard InChI is InChI=1S/C21H24FN3/c1-13-4-5-20(19(22)7-13)24-16-8-14-3-2-6-25-12-15-10-23-11-18(15)17(9-16)21(14)25/h4-5,7-9,15,18,23-24H,2-3,6,10-12H2,1H3. The monoisotopic (exact) mass is 337 g/mol. The fraction of sp³-hybridized carbons (Fsp3) is 0.429. The lowest BCUT2D eigenvalue weighted by Gasteiger charge is -2.42. The van der Waals surface area contributed by atoms with Crippen molar-refractivity contribution in [3.05, 3.63) is 52.8 Å². The molecular formula is C21H24FN3. The minimum absolute atomic E-state index is 0.187. The zero-order chi connectivity index (χ0) is 17.0. The topological polar surface area (TPSA) is 27.3 Å². The molecule has 1 saturated heterocycles. The average molecular weight is 337 g/mol. The first-order chi connectivity index (χ1) is 12.2. The zero-order valence-corrected chi connectivity index (χ0v) is 14.6. The first-order valence-corrected chi connectivity index (χ1v) is 9.35. The van der Waals surface area contributed by atoms with Crippen molar-refractivity contribution < 1.29 is 4.39 Å². The predicted octanol–water partition coefficient (Wildman–Crippen LogP) is 3.95. The minimum Gasteiger partial charge on any atom is -0.371 e. The number of hydrogen-bond acceptors (Lipinski definition) is 3. The van der Waals surface area contributed by atoms with E-state index in [0.29, 0.717) is 17.5 Å². The average Bonchev–Trinajstić information content (AvgIpc) is 3.06. The van der Waals surface area contributed by atoms with E-state index in [1.807, 2.05) is 19.1 Å². The Labute approximate surface area is 148 Å². The SMILES string of the molecule is Cc1ccc(Nc2cc3c4c(c2)C2CNCC2CN4CCC3)c(F)c1. The van der Waals surface area contributed by atoms with Gasteiger partial charge in [-0.15, -0.1) is 0 Å². The molecule has 2 atom stereocenters. The highest BCUT2D eigenvalue weighted by Gasteiger charge is 2.38. The lowest BCUT2D eigenvalue weighted by molar-refractivity contribution is 0.470. The predicted molar refractivity (Wildman–Crippen MR) is 100 cm³/mol. The summed E-state index contributed by atoms with van der Waals surface area (Å²) in [4.78, 5) is 2.58. The van der Waals surface area contributed by atoms with Gasteiger partial charge in [0, 0.05) is 43.5 Å². The van der Waals surface area contributed by atoms with E-state index in [9.17, 15) is 4.39 Å². The van der Waals surface area contributed by atoms with Gasteiger partial charge in [0.1, 0.15) is 5.82 Å². The van der Waals surface area contributed by atoms with Crippen molar-refractivity contribution in [2.24, 2.45) is 5.92 Å². The van der Waals surface area contributed by atoms with Crippen LogP contribution in [-0.4, -0.2) is 26.2 Å². The molecule has 4 heteroatoms. The molecular weight excluding hydrogens is 313 g/mol. The molecule has 0 aromatic heterocycles. The summed E-state index contributed by atoms with van der Waals surface area (Å²) in [5, 5.41) is 6.90. The van der Waals surface area contributed by atoms with E-state index in [2.05, 4.69) is 27.7 Å². The van der Waals surface area contributed by atoms with Gasteiger partial charge in [-0.05, 0) is 66.6 Å². The van der Waals surface area contributed by atoms with Gasteiger partial charge >= 0.3 is 0 Å². The van der Waals surface area contributed by atoms with Gasteiger partial charge in [0.25, 0.3) is 0 Å². The van der Waals surface area contributed by atoms with E-state index in [-0.39, 0.29) is 5.82 Å².